The van der Waals surface area contributed by atoms with Gasteiger partial charge < -0.3 is 9.47 Å². The number of hydrogen-bond acceptors (Lipinski definition) is 6. The van der Waals surface area contributed by atoms with Gasteiger partial charge in [0, 0.05) is 40.6 Å². The van der Waals surface area contributed by atoms with Gasteiger partial charge in [-0.1, -0.05) is 29.3 Å². The molecule has 202 valence electrons. The van der Waals surface area contributed by atoms with Crippen LogP contribution >= 0.6 is 35.0 Å². The summed E-state index contributed by atoms with van der Waals surface area (Å²) >= 11 is 13.1. The molecule has 2 aromatic carbocycles. The minimum atomic E-state index is -0.401. The first-order chi connectivity index (χ1) is 18.6. The predicted molar refractivity (Wildman–Crippen MR) is 156 cm³/mol. The molecule has 0 saturated carbocycles. The van der Waals surface area contributed by atoms with E-state index in [1.54, 1.807) is 30.3 Å². The van der Waals surface area contributed by atoms with E-state index in [4.69, 9.17) is 23.2 Å². The first-order valence-electron chi connectivity index (χ1n) is 12.6. The summed E-state index contributed by atoms with van der Waals surface area (Å²) in [6, 6.07) is 12.2. The van der Waals surface area contributed by atoms with E-state index < -0.39 is 5.91 Å². The van der Waals surface area contributed by atoms with Gasteiger partial charge in [-0.05, 0) is 92.4 Å². The average molecular weight is 586 g/mol. The summed E-state index contributed by atoms with van der Waals surface area (Å²) < 4.78 is 1.93. The Bertz CT molecular complexity index is 1530. The van der Waals surface area contributed by atoms with Crippen LogP contribution in [0.3, 0.4) is 0 Å². The van der Waals surface area contributed by atoms with Gasteiger partial charge in [-0.3, -0.25) is 24.6 Å². The number of nitrogens with zero attached hydrogens (tertiary/aromatic N) is 4. The summed E-state index contributed by atoms with van der Waals surface area (Å²) in [6.07, 6.45) is 4.89. The van der Waals surface area contributed by atoms with Crippen LogP contribution in [0.4, 0.5) is 16.2 Å². The van der Waals surface area contributed by atoms with Crippen LogP contribution in [0, 0.1) is 24.0 Å². The molecule has 3 aromatic rings. The van der Waals surface area contributed by atoms with Crippen molar-refractivity contribution in [3.8, 4) is 5.69 Å². The van der Waals surface area contributed by atoms with Gasteiger partial charge in [0.2, 0.25) is 0 Å². The Morgan fingerprint density at radius 1 is 1.03 bits per heavy atom. The van der Waals surface area contributed by atoms with Crippen LogP contribution in [-0.4, -0.2) is 38.6 Å². The van der Waals surface area contributed by atoms with E-state index in [0.717, 1.165) is 66.0 Å². The van der Waals surface area contributed by atoms with Gasteiger partial charge in [0.15, 0.2) is 0 Å². The number of thioether (sulfide) groups is 1. The number of amides is 2. The highest BCUT2D eigenvalue weighted by molar-refractivity contribution is 8.18. The molecule has 0 atom stereocenters. The maximum absolute atomic E-state index is 13.1. The largest absolute Gasteiger partial charge is 0.366 e. The molecular weight excluding hydrogens is 559 g/mol. The SMILES string of the molecule is Cc1cc(/C=C2\SC(=O)N(Cc3ccc(Cl)cc3Cl)C2=O)c(C)n1-c1ccc(N2CCCCC2)c([N+](=O)[O-])c1. The fourth-order valence-corrected chi connectivity index (χ4v) is 6.43. The second kappa shape index (κ2) is 11.1. The molecular formula is C28H26Cl2N4O4S. The third kappa shape index (κ3) is 5.44. The molecule has 0 aliphatic carbocycles. The van der Waals surface area contributed by atoms with Gasteiger partial charge in [0.05, 0.1) is 22.1 Å². The number of imide groups is 1. The fraction of sp³-hybridized carbons (Fsp3) is 0.286. The molecule has 39 heavy (non-hydrogen) atoms. The molecule has 0 bridgehead atoms. The van der Waals surface area contributed by atoms with Crippen LogP contribution in [-0.2, 0) is 11.3 Å². The Balaban J connectivity index is 1.44. The van der Waals surface area contributed by atoms with E-state index in [9.17, 15) is 19.7 Å². The summed E-state index contributed by atoms with van der Waals surface area (Å²) in [5, 5.41) is 12.5. The topological polar surface area (TPSA) is 88.7 Å². The number of rotatable bonds is 6. The van der Waals surface area contributed by atoms with Crippen molar-refractivity contribution in [2.45, 2.75) is 39.7 Å². The van der Waals surface area contributed by atoms with Crippen LogP contribution in [0.25, 0.3) is 11.8 Å². The summed E-state index contributed by atoms with van der Waals surface area (Å²) in [7, 11) is 0. The van der Waals surface area contributed by atoms with Crippen molar-refractivity contribution in [2.75, 3.05) is 18.0 Å². The highest BCUT2D eigenvalue weighted by Crippen LogP contribution is 2.37. The molecule has 2 saturated heterocycles. The second-order valence-electron chi connectivity index (χ2n) is 9.64. The van der Waals surface area contributed by atoms with E-state index in [0.29, 0.717) is 31.9 Å². The maximum atomic E-state index is 13.1. The average Bonchev–Trinajstić information content (AvgIpc) is 3.34. The summed E-state index contributed by atoms with van der Waals surface area (Å²) in [6.45, 7) is 5.46. The van der Waals surface area contributed by atoms with Crippen molar-refractivity contribution in [3.05, 3.63) is 90.0 Å². The van der Waals surface area contributed by atoms with Crippen LogP contribution in [0.15, 0.2) is 47.4 Å². The van der Waals surface area contributed by atoms with Crippen LogP contribution < -0.4 is 4.90 Å². The monoisotopic (exact) mass is 584 g/mol. The van der Waals surface area contributed by atoms with Gasteiger partial charge in [0.1, 0.15) is 5.69 Å². The molecule has 2 aliphatic heterocycles. The normalized spacial score (nSPS) is 17.0. The first kappa shape index (κ1) is 27.3. The number of piperidine rings is 1. The number of anilines is 1. The Hall–Kier alpha value is -3.27. The number of aryl methyl sites for hydroxylation is 1. The Kier molecular flexibility index (Phi) is 7.75. The van der Waals surface area contributed by atoms with Crippen LogP contribution in [0.1, 0.15) is 41.8 Å². The lowest BCUT2D eigenvalue weighted by molar-refractivity contribution is -0.384. The van der Waals surface area contributed by atoms with Crippen molar-refractivity contribution >= 4 is 63.6 Å². The van der Waals surface area contributed by atoms with Crippen LogP contribution in [0.2, 0.25) is 10.0 Å². The lowest BCUT2D eigenvalue weighted by Gasteiger charge is -2.28. The predicted octanol–water partition coefficient (Wildman–Crippen LogP) is 7.54. The zero-order valence-electron chi connectivity index (χ0n) is 21.4. The smallest absolute Gasteiger partial charge is 0.294 e. The van der Waals surface area contributed by atoms with E-state index in [2.05, 4.69) is 4.90 Å². The maximum Gasteiger partial charge on any atom is 0.294 e. The lowest BCUT2D eigenvalue weighted by atomic mass is 10.1. The highest BCUT2D eigenvalue weighted by atomic mass is 35.5. The highest BCUT2D eigenvalue weighted by Gasteiger charge is 2.35. The van der Waals surface area contributed by atoms with Gasteiger partial charge in [-0.25, -0.2) is 0 Å². The zero-order chi connectivity index (χ0) is 27.8. The summed E-state index contributed by atoms with van der Waals surface area (Å²) in [5.41, 5.74) is 4.42. The minimum Gasteiger partial charge on any atom is -0.366 e. The van der Waals surface area contributed by atoms with Gasteiger partial charge in [-0.2, -0.15) is 0 Å². The molecule has 8 nitrogen and oxygen atoms in total. The Morgan fingerprint density at radius 2 is 1.77 bits per heavy atom. The van der Waals surface area contributed by atoms with Crippen molar-refractivity contribution in [3.63, 3.8) is 0 Å². The van der Waals surface area contributed by atoms with E-state index in [1.807, 2.05) is 36.6 Å². The standard InChI is InChI=1S/C28H26Cl2N4O4S/c1-17-12-20(13-26-27(35)32(28(36)39-26)16-19-6-7-21(29)14-23(19)30)18(2)33(17)22-8-9-24(25(15-22)34(37)38)31-10-4-3-5-11-31/h6-9,12-15H,3-5,10-11,16H2,1-2H3/b26-13-. The number of hydrogen-bond donors (Lipinski definition) is 0. The van der Waals surface area contributed by atoms with Crippen molar-refractivity contribution in [1.82, 2.24) is 9.47 Å². The first-order valence-corrected chi connectivity index (χ1v) is 14.1. The third-order valence-electron chi connectivity index (χ3n) is 7.08. The van der Waals surface area contributed by atoms with E-state index in [1.165, 1.54) is 0 Å². The molecule has 11 heteroatoms. The third-order valence-corrected chi connectivity index (χ3v) is 8.58. The lowest BCUT2D eigenvalue weighted by Crippen LogP contribution is -2.30. The summed E-state index contributed by atoms with van der Waals surface area (Å²) in [5.74, 6) is -0.401. The molecule has 0 unspecified atom stereocenters. The van der Waals surface area contributed by atoms with Crippen molar-refractivity contribution in [2.24, 2.45) is 0 Å². The molecule has 0 radical (unpaired) electrons. The molecule has 2 fully saturated rings. The minimum absolute atomic E-state index is 0.0457. The number of carbonyl (C=O) groups is 2. The van der Waals surface area contributed by atoms with Gasteiger partial charge in [-0.15, -0.1) is 0 Å². The number of benzene rings is 2. The van der Waals surface area contributed by atoms with E-state index in [-0.39, 0.29) is 22.4 Å². The summed E-state index contributed by atoms with van der Waals surface area (Å²) in [4.78, 5) is 41.0. The second-order valence-corrected chi connectivity index (χ2v) is 11.5. The number of nitro groups is 1. The Morgan fingerprint density at radius 3 is 2.46 bits per heavy atom. The van der Waals surface area contributed by atoms with Crippen molar-refractivity contribution < 1.29 is 14.5 Å². The number of halogens is 2. The number of nitro benzene ring substituents is 1. The Labute approximate surface area is 240 Å². The molecule has 5 rings (SSSR count). The van der Waals surface area contributed by atoms with Crippen molar-refractivity contribution in [1.29, 1.82) is 0 Å². The number of carbonyl (C=O) groups excluding carboxylic acids is 2. The molecule has 2 aliphatic rings. The van der Waals surface area contributed by atoms with E-state index >= 15 is 0 Å². The zero-order valence-corrected chi connectivity index (χ0v) is 23.8. The molecule has 2 amide bonds. The van der Waals surface area contributed by atoms with Gasteiger partial charge >= 0.3 is 0 Å². The number of aromatic nitrogens is 1. The molecule has 3 heterocycles. The van der Waals surface area contributed by atoms with Gasteiger partial charge in [0.25, 0.3) is 16.8 Å². The molecule has 1 aromatic heterocycles. The molecule has 0 N–H and O–H groups in total. The van der Waals surface area contributed by atoms with Crippen LogP contribution in [0.5, 0.6) is 0 Å². The molecule has 0 spiro atoms. The fourth-order valence-electron chi connectivity index (χ4n) is 5.13. The quantitative estimate of drug-likeness (QED) is 0.169.